The summed E-state index contributed by atoms with van der Waals surface area (Å²) >= 11 is 1.57. The summed E-state index contributed by atoms with van der Waals surface area (Å²) in [7, 11) is 0. The zero-order chi connectivity index (χ0) is 10.6. The number of aryl methyl sites for hydroxylation is 1. The van der Waals surface area contributed by atoms with E-state index >= 15 is 0 Å². The Hall–Kier alpha value is -1.01. The van der Waals surface area contributed by atoms with Gasteiger partial charge in [0.05, 0.1) is 5.56 Å². The van der Waals surface area contributed by atoms with Gasteiger partial charge >= 0.3 is 0 Å². The molecule has 0 saturated heterocycles. The van der Waals surface area contributed by atoms with E-state index in [1.165, 1.54) is 24.1 Å². The normalized spacial score (nSPS) is 10.1. The van der Waals surface area contributed by atoms with Crippen LogP contribution in [-0.2, 0) is 6.42 Å². The van der Waals surface area contributed by atoms with Crippen molar-refractivity contribution in [1.82, 2.24) is 0 Å². The van der Waals surface area contributed by atoms with E-state index in [4.69, 9.17) is 11.0 Å². The summed E-state index contributed by atoms with van der Waals surface area (Å²) in [5.74, 6) is 0. The van der Waals surface area contributed by atoms with Crippen molar-refractivity contribution in [3.05, 3.63) is 16.0 Å². The maximum absolute atomic E-state index is 8.86. The SMILES string of the molecule is CCCCCc1sc(N)c(C#N)c1C. The molecule has 0 fully saturated rings. The second kappa shape index (κ2) is 5.02. The maximum atomic E-state index is 8.86. The Labute approximate surface area is 89.4 Å². The third-order valence-corrected chi connectivity index (χ3v) is 3.57. The number of unbranched alkanes of at least 4 members (excludes halogenated alkanes) is 2. The van der Waals surface area contributed by atoms with Crippen LogP contribution in [0.15, 0.2) is 0 Å². The third kappa shape index (κ3) is 2.27. The fourth-order valence-corrected chi connectivity index (χ4v) is 2.57. The molecule has 0 aliphatic heterocycles. The van der Waals surface area contributed by atoms with Gasteiger partial charge in [0, 0.05) is 4.88 Å². The first kappa shape index (κ1) is 11.1. The first-order valence-corrected chi connectivity index (χ1v) is 5.80. The van der Waals surface area contributed by atoms with Crippen molar-refractivity contribution < 1.29 is 0 Å². The van der Waals surface area contributed by atoms with Crippen LogP contribution in [0.3, 0.4) is 0 Å². The molecule has 0 atom stereocenters. The van der Waals surface area contributed by atoms with E-state index in [0.29, 0.717) is 10.6 Å². The molecule has 0 radical (unpaired) electrons. The standard InChI is InChI=1S/C11H16N2S/c1-3-4-5-6-10-8(2)9(7-12)11(13)14-10/h3-6,13H2,1-2H3. The molecule has 1 rings (SSSR count). The van der Waals surface area contributed by atoms with Gasteiger partial charge in [-0.3, -0.25) is 0 Å². The Morgan fingerprint density at radius 3 is 2.64 bits per heavy atom. The predicted molar refractivity (Wildman–Crippen MR) is 61.4 cm³/mol. The number of anilines is 1. The zero-order valence-corrected chi connectivity index (χ0v) is 9.58. The summed E-state index contributed by atoms with van der Waals surface area (Å²) in [6, 6.07) is 2.16. The number of nitrogens with two attached hydrogens (primary N) is 1. The molecule has 0 aromatic carbocycles. The van der Waals surface area contributed by atoms with Crippen LogP contribution in [0.4, 0.5) is 5.00 Å². The molecule has 3 heteroatoms. The second-order valence-electron chi connectivity index (χ2n) is 3.46. The number of thiophene rings is 1. The Kier molecular flexibility index (Phi) is 3.97. The number of nitriles is 1. The van der Waals surface area contributed by atoms with Gasteiger partial charge < -0.3 is 5.73 Å². The topological polar surface area (TPSA) is 49.8 Å². The zero-order valence-electron chi connectivity index (χ0n) is 8.76. The van der Waals surface area contributed by atoms with Crippen LogP contribution >= 0.6 is 11.3 Å². The molecule has 1 aromatic rings. The summed E-state index contributed by atoms with van der Waals surface area (Å²) in [6.07, 6.45) is 4.74. The second-order valence-corrected chi connectivity index (χ2v) is 4.60. The molecule has 14 heavy (non-hydrogen) atoms. The van der Waals surface area contributed by atoms with Gasteiger partial charge in [0.15, 0.2) is 0 Å². The number of rotatable bonds is 4. The Morgan fingerprint density at radius 2 is 2.14 bits per heavy atom. The maximum Gasteiger partial charge on any atom is 0.104 e. The van der Waals surface area contributed by atoms with E-state index in [0.717, 1.165) is 12.0 Å². The minimum absolute atomic E-state index is 0.677. The molecule has 0 aliphatic carbocycles. The molecule has 0 bridgehead atoms. The van der Waals surface area contributed by atoms with Gasteiger partial charge in [-0.15, -0.1) is 11.3 Å². The van der Waals surface area contributed by atoms with Crippen molar-refractivity contribution in [1.29, 1.82) is 5.26 Å². The number of hydrogen-bond donors (Lipinski definition) is 1. The van der Waals surface area contributed by atoms with Crippen LogP contribution in [0.25, 0.3) is 0 Å². The minimum Gasteiger partial charge on any atom is -0.389 e. The fourth-order valence-electron chi connectivity index (χ4n) is 1.50. The average molecular weight is 208 g/mol. The molecule has 0 aliphatic rings. The summed E-state index contributed by atoms with van der Waals surface area (Å²) in [6.45, 7) is 4.18. The van der Waals surface area contributed by atoms with Gasteiger partial charge in [-0.05, 0) is 25.3 Å². The highest BCUT2D eigenvalue weighted by atomic mass is 32.1. The molecule has 2 nitrogen and oxygen atoms in total. The van der Waals surface area contributed by atoms with Gasteiger partial charge in [0.1, 0.15) is 11.1 Å². The van der Waals surface area contributed by atoms with Crippen LogP contribution < -0.4 is 5.73 Å². The smallest absolute Gasteiger partial charge is 0.104 e. The van der Waals surface area contributed by atoms with E-state index < -0.39 is 0 Å². The van der Waals surface area contributed by atoms with Crippen molar-refractivity contribution in [3.8, 4) is 6.07 Å². The highest BCUT2D eigenvalue weighted by molar-refractivity contribution is 7.16. The monoisotopic (exact) mass is 208 g/mol. The highest BCUT2D eigenvalue weighted by Gasteiger charge is 2.11. The quantitative estimate of drug-likeness (QED) is 0.772. The Morgan fingerprint density at radius 1 is 1.43 bits per heavy atom. The minimum atomic E-state index is 0.677. The predicted octanol–water partition coefficient (Wildman–Crippen LogP) is 3.24. The third-order valence-electron chi connectivity index (χ3n) is 2.39. The van der Waals surface area contributed by atoms with Crippen molar-refractivity contribution in [2.45, 2.75) is 39.5 Å². The number of nitrogen functional groups attached to an aromatic ring is 1. The van der Waals surface area contributed by atoms with E-state index in [-0.39, 0.29) is 0 Å². The average Bonchev–Trinajstić information content (AvgIpc) is 2.42. The Balaban J connectivity index is 2.74. The van der Waals surface area contributed by atoms with E-state index in [1.54, 1.807) is 11.3 Å². The molecule has 1 aromatic heterocycles. The van der Waals surface area contributed by atoms with Gasteiger partial charge in [0.25, 0.3) is 0 Å². The first-order chi connectivity index (χ1) is 6.70. The van der Waals surface area contributed by atoms with Gasteiger partial charge in [-0.1, -0.05) is 19.8 Å². The fraction of sp³-hybridized carbons (Fsp3) is 0.545. The van der Waals surface area contributed by atoms with Crippen molar-refractivity contribution in [2.24, 2.45) is 0 Å². The van der Waals surface area contributed by atoms with Crippen LogP contribution in [0.1, 0.15) is 42.2 Å². The number of hydrogen-bond acceptors (Lipinski definition) is 3. The van der Waals surface area contributed by atoms with Crippen LogP contribution in [-0.4, -0.2) is 0 Å². The van der Waals surface area contributed by atoms with Crippen LogP contribution in [0.5, 0.6) is 0 Å². The largest absolute Gasteiger partial charge is 0.389 e. The summed E-state index contributed by atoms with van der Waals surface area (Å²) < 4.78 is 0. The van der Waals surface area contributed by atoms with Crippen LogP contribution in [0.2, 0.25) is 0 Å². The lowest BCUT2D eigenvalue weighted by Crippen LogP contribution is -1.86. The van der Waals surface area contributed by atoms with E-state index in [1.807, 2.05) is 6.92 Å². The molecular formula is C11H16N2S. The molecular weight excluding hydrogens is 192 g/mol. The summed E-state index contributed by atoms with van der Waals surface area (Å²) in [5, 5.41) is 9.54. The van der Waals surface area contributed by atoms with Crippen molar-refractivity contribution >= 4 is 16.3 Å². The lowest BCUT2D eigenvalue weighted by Gasteiger charge is -1.97. The van der Waals surface area contributed by atoms with E-state index in [2.05, 4.69) is 13.0 Å². The van der Waals surface area contributed by atoms with Crippen LogP contribution in [0, 0.1) is 18.3 Å². The molecule has 0 spiro atoms. The Bertz CT molecular complexity index is 347. The van der Waals surface area contributed by atoms with E-state index in [9.17, 15) is 0 Å². The van der Waals surface area contributed by atoms with Gasteiger partial charge in [-0.25, -0.2) is 0 Å². The highest BCUT2D eigenvalue weighted by Crippen LogP contribution is 2.30. The molecule has 0 amide bonds. The first-order valence-electron chi connectivity index (χ1n) is 4.98. The lowest BCUT2D eigenvalue weighted by molar-refractivity contribution is 0.721. The van der Waals surface area contributed by atoms with Gasteiger partial charge in [0.2, 0.25) is 0 Å². The van der Waals surface area contributed by atoms with Crippen molar-refractivity contribution in [2.75, 3.05) is 5.73 Å². The summed E-state index contributed by atoms with van der Waals surface area (Å²) in [5.41, 5.74) is 7.52. The summed E-state index contributed by atoms with van der Waals surface area (Å²) in [4.78, 5) is 1.28. The molecule has 76 valence electrons. The van der Waals surface area contributed by atoms with Gasteiger partial charge in [-0.2, -0.15) is 5.26 Å². The molecule has 0 unspecified atom stereocenters. The number of nitrogens with zero attached hydrogens (tertiary/aromatic N) is 1. The lowest BCUT2D eigenvalue weighted by atomic mass is 10.1. The van der Waals surface area contributed by atoms with Crippen molar-refractivity contribution in [3.63, 3.8) is 0 Å². The molecule has 0 saturated carbocycles. The molecule has 1 heterocycles. The molecule has 2 N–H and O–H groups in total.